The molecule has 248 valence electrons. The van der Waals surface area contributed by atoms with Crippen LogP contribution in [-0.2, 0) is 22.5 Å². The van der Waals surface area contributed by atoms with Gasteiger partial charge in [0.1, 0.15) is 17.3 Å². The molecular formula is C36H37F2N2NaO7. The summed E-state index contributed by atoms with van der Waals surface area (Å²) in [6, 6.07) is 17.7. The molecule has 1 aromatic heterocycles. The van der Waals surface area contributed by atoms with Gasteiger partial charge in [0.15, 0.2) is 0 Å². The SMILES string of the molecule is COC(=O)c1ccc(CNC(=O)c2c(-c3ccc(F)cc3)c(-c3ccc(F)cc3)c(CC[C@@H](O)C[C@@H](O)CC(=O)[O-])n2C(C)C)cc1.[Na+]. The zero-order valence-electron chi connectivity index (χ0n) is 27.3. The Bertz CT molecular complexity index is 1710. The van der Waals surface area contributed by atoms with Crippen molar-refractivity contribution in [1.82, 2.24) is 9.88 Å². The van der Waals surface area contributed by atoms with Crippen molar-refractivity contribution in [1.29, 1.82) is 0 Å². The molecule has 4 rings (SSSR count). The van der Waals surface area contributed by atoms with E-state index in [9.17, 15) is 38.5 Å². The molecule has 0 aliphatic heterocycles. The minimum absolute atomic E-state index is 0. The van der Waals surface area contributed by atoms with Crippen molar-refractivity contribution in [3.05, 3.63) is 107 Å². The fraction of sp³-hybridized carbons (Fsp3) is 0.306. The maximum absolute atomic E-state index is 14.2. The molecule has 1 amide bonds. The Morgan fingerprint density at radius 2 is 1.40 bits per heavy atom. The molecule has 48 heavy (non-hydrogen) atoms. The number of esters is 1. The molecular weight excluding hydrogens is 633 g/mol. The van der Waals surface area contributed by atoms with Crippen LogP contribution in [0.2, 0.25) is 0 Å². The van der Waals surface area contributed by atoms with Crippen LogP contribution in [0.15, 0.2) is 72.8 Å². The molecule has 3 aromatic carbocycles. The smallest absolute Gasteiger partial charge is 0.550 e. The molecule has 2 atom stereocenters. The fourth-order valence-electron chi connectivity index (χ4n) is 5.66. The van der Waals surface area contributed by atoms with Gasteiger partial charge in [-0.3, -0.25) is 4.79 Å². The Kier molecular flexibility index (Phi) is 14.1. The van der Waals surface area contributed by atoms with Gasteiger partial charge in [-0.2, -0.15) is 0 Å². The standard InChI is InChI=1S/C36H38F2N2O7.Na/c1-21(2)40-30(17-16-28(41)18-29(42)19-31(43)44)32(23-8-12-26(37)13-9-23)33(24-10-14-27(38)15-11-24)34(40)35(45)39-20-22-4-6-25(7-5-22)36(46)47-3;/h4-15,21,28-29,41-42H,16-20H2,1-3H3,(H,39,45)(H,43,44);/q;+1/p-1/t28-,29-;/m1./s1. The van der Waals surface area contributed by atoms with E-state index in [0.717, 1.165) is 0 Å². The van der Waals surface area contributed by atoms with E-state index < -0.39 is 48.1 Å². The zero-order valence-corrected chi connectivity index (χ0v) is 29.3. The summed E-state index contributed by atoms with van der Waals surface area (Å²) in [6.07, 6.45) is -2.91. The van der Waals surface area contributed by atoms with Gasteiger partial charge >= 0.3 is 35.5 Å². The van der Waals surface area contributed by atoms with Gasteiger partial charge in [0.2, 0.25) is 0 Å². The van der Waals surface area contributed by atoms with Crippen LogP contribution in [0.5, 0.6) is 0 Å². The number of hydrogen-bond donors (Lipinski definition) is 3. The summed E-state index contributed by atoms with van der Waals surface area (Å²) in [5, 5.41) is 34.7. The average molecular weight is 671 g/mol. The van der Waals surface area contributed by atoms with Gasteiger partial charge < -0.3 is 34.7 Å². The molecule has 0 aliphatic rings. The predicted molar refractivity (Wildman–Crippen MR) is 169 cm³/mol. The maximum Gasteiger partial charge on any atom is 1.00 e. The number of ether oxygens (including phenoxy) is 1. The van der Waals surface area contributed by atoms with Crippen LogP contribution < -0.4 is 40.0 Å². The van der Waals surface area contributed by atoms with Crippen LogP contribution in [0, 0.1) is 11.6 Å². The average Bonchev–Trinajstić information content (AvgIpc) is 3.38. The topological polar surface area (TPSA) is 141 Å². The summed E-state index contributed by atoms with van der Waals surface area (Å²) in [7, 11) is 1.29. The first-order valence-corrected chi connectivity index (χ1v) is 15.2. The minimum atomic E-state index is -1.43. The monoisotopic (exact) mass is 670 g/mol. The van der Waals surface area contributed by atoms with Gasteiger partial charge in [0.05, 0.1) is 24.9 Å². The number of nitrogens with one attached hydrogen (secondary N) is 1. The fourth-order valence-corrected chi connectivity index (χ4v) is 5.66. The van der Waals surface area contributed by atoms with E-state index in [0.29, 0.717) is 39.1 Å². The van der Waals surface area contributed by atoms with Crippen LogP contribution in [0.3, 0.4) is 0 Å². The van der Waals surface area contributed by atoms with Gasteiger partial charge in [0, 0.05) is 41.8 Å². The van der Waals surface area contributed by atoms with Crippen LogP contribution in [0.25, 0.3) is 22.3 Å². The van der Waals surface area contributed by atoms with Crippen molar-refractivity contribution >= 4 is 17.8 Å². The second kappa shape index (κ2) is 17.5. The first kappa shape index (κ1) is 38.6. The second-order valence-corrected chi connectivity index (χ2v) is 11.6. The number of amides is 1. The number of carbonyl (C=O) groups is 3. The number of halogens is 2. The van der Waals surface area contributed by atoms with Crippen LogP contribution in [0.1, 0.15) is 71.3 Å². The molecule has 0 fully saturated rings. The van der Waals surface area contributed by atoms with Crippen molar-refractivity contribution in [2.75, 3.05) is 7.11 Å². The van der Waals surface area contributed by atoms with Crippen molar-refractivity contribution in [3.8, 4) is 22.3 Å². The number of rotatable bonds is 14. The van der Waals surface area contributed by atoms with E-state index in [4.69, 9.17) is 4.74 Å². The summed E-state index contributed by atoms with van der Waals surface area (Å²) in [5.41, 5.74) is 4.14. The molecule has 0 saturated carbocycles. The molecule has 9 nitrogen and oxygen atoms in total. The minimum Gasteiger partial charge on any atom is -0.550 e. The summed E-state index contributed by atoms with van der Waals surface area (Å²) >= 11 is 0. The normalized spacial score (nSPS) is 12.2. The molecule has 3 N–H and O–H groups in total. The van der Waals surface area contributed by atoms with Gasteiger partial charge in [0.25, 0.3) is 5.91 Å². The van der Waals surface area contributed by atoms with Crippen molar-refractivity contribution in [2.45, 2.75) is 64.3 Å². The van der Waals surface area contributed by atoms with Gasteiger partial charge in [-0.25, -0.2) is 13.6 Å². The maximum atomic E-state index is 14.2. The summed E-state index contributed by atoms with van der Waals surface area (Å²) < 4.78 is 34.8. The number of carboxylic acids is 1. The predicted octanol–water partition coefficient (Wildman–Crippen LogP) is 1.59. The third-order valence-corrected chi connectivity index (χ3v) is 7.79. The van der Waals surface area contributed by atoms with E-state index in [2.05, 4.69) is 5.32 Å². The quantitative estimate of drug-likeness (QED) is 0.137. The third-order valence-electron chi connectivity index (χ3n) is 7.79. The van der Waals surface area contributed by atoms with E-state index in [1.165, 1.54) is 31.4 Å². The molecule has 1 heterocycles. The summed E-state index contributed by atoms with van der Waals surface area (Å²) in [4.78, 5) is 36.9. The van der Waals surface area contributed by atoms with Crippen LogP contribution >= 0.6 is 0 Å². The summed E-state index contributed by atoms with van der Waals surface area (Å²) in [5.74, 6) is -3.31. The molecule has 0 aliphatic carbocycles. The molecule has 0 radical (unpaired) electrons. The number of carbonyl (C=O) groups excluding carboxylic acids is 3. The number of aliphatic hydroxyl groups excluding tert-OH is 2. The Morgan fingerprint density at radius 3 is 1.90 bits per heavy atom. The summed E-state index contributed by atoms with van der Waals surface area (Å²) in [6.45, 7) is 3.88. The molecule has 0 unspecified atom stereocenters. The first-order valence-electron chi connectivity index (χ1n) is 15.2. The largest absolute Gasteiger partial charge is 1.00 e. The number of aliphatic carboxylic acids is 1. The number of carboxylic acid groups (broad SMARTS) is 1. The Morgan fingerprint density at radius 1 is 0.854 bits per heavy atom. The van der Waals surface area contributed by atoms with Crippen molar-refractivity contribution in [2.24, 2.45) is 0 Å². The molecule has 12 heteroatoms. The molecule has 0 spiro atoms. The number of benzene rings is 3. The molecule has 0 bridgehead atoms. The third kappa shape index (κ3) is 9.61. The molecule has 4 aromatic rings. The Hall–Kier alpha value is -3.87. The number of methoxy groups -OCH3 is 1. The Balaban J connectivity index is 0.00000625. The van der Waals surface area contributed by atoms with Gasteiger partial charge in [-0.1, -0.05) is 36.4 Å². The number of aliphatic hydroxyl groups is 2. The van der Waals surface area contributed by atoms with Gasteiger partial charge in [-0.05, 0) is 86.2 Å². The molecule has 0 saturated heterocycles. The van der Waals surface area contributed by atoms with E-state index in [1.54, 1.807) is 48.5 Å². The number of aromatic nitrogens is 1. The number of hydrogen-bond acceptors (Lipinski definition) is 7. The van der Waals surface area contributed by atoms with Gasteiger partial charge in [-0.15, -0.1) is 0 Å². The van der Waals surface area contributed by atoms with E-state index in [-0.39, 0.29) is 67.1 Å². The van der Waals surface area contributed by atoms with Crippen molar-refractivity contribution < 1.29 is 72.8 Å². The second-order valence-electron chi connectivity index (χ2n) is 11.6. The zero-order chi connectivity index (χ0) is 34.2. The number of nitrogens with zero attached hydrogens (tertiary/aromatic N) is 1. The van der Waals surface area contributed by atoms with E-state index in [1.807, 2.05) is 18.4 Å². The first-order chi connectivity index (χ1) is 22.4. The Labute approximate surface area is 299 Å². The van der Waals surface area contributed by atoms with Crippen molar-refractivity contribution in [3.63, 3.8) is 0 Å². The van der Waals surface area contributed by atoms with Crippen LogP contribution in [-0.4, -0.2) is 51.9 Å². The van der Waals surface area contributed by atoms with E-state index >= 15 is 0 Å². The van der Waals surface area contributed by atoms with Crippen LogP contribution in [0.4, 0.5) is 8.78 Å².